The highest BCUT2D eigenvalue weighted by atomic mass is 19.3. The van der Waals surface area contributed by atoms with Crippen LogP contribution in [0, 0.1) is 6.92 Å². The van der Waals surface area contributed by atoms with Gasteiger partial charge in [-0.15, -0.1) is 0 Å². The summed E-state index contributed by atoms with van der Waals surface area (Å²) in [6.45, 7) is 1.85. The van der Waals surface area contributed by atoms with Crippen LogP contribution in [-0.4, -0.2) is 34.8 Å². The van der Waals surface area contributed by atoms with Crippen LogP contribution in [-0.2, 0) is 12.0 Å². The van der Waals surface area contributed by atoms with Crippen LogP contribution in [0.1, 0.15) is 5.69 Å². The fourth-order valence-electron chi connectivity index (χ4n) is 2.83. The zero-order valence-corrected chi connectivity index (χ0v) is 14.7. The molecule has 0 fully saturated rings. The first-order valence-corrected chi connectivity index (χ1v) is 7.63. The molecule has 0 aromatic carbocycles. The molecule has 9 heteroatoms. The van der Waals surface area contributed by atoms with Gasteiger partial charge in [0.25, 0.3) is 0 Å². The molecule has 1 N–H and O–H groups in total. The molecule has 0 atom stereocenters. The fraction of sp³-hybridized carbons (Fsp3) is 0.235. The van der Waals surface area contributed by atoms with E-state index in [-0.39, 0.29) is 5.82 Å². The minimum absolute atomic E-state index is 0.165. The van der Waals surface area contributed by atoms with Gasteiger partial charge in [-0.3, -0.25) is 5.32 Å². The van der Waals surface area contributed by atoms with E-state index >= 15 is 0 Å². The van der Waals surface area contributed by atoms with E-state index in [2.05, 4.69) is 20.2 Å². The second kappa shape index (κ2) is 6.87. The second-order valence-electron chi connectivity index (χ2n) is 5.56. The summed E-state index contributed by atoms with van der Waals surface area (Å²) in [7, 11) is 4.98. The van der Waals surface area contributed by atoms with Crippen molar-refractivity contribution in [2.75, 3.05) is 19.5 Å². The number of aryl methyl sites for hydroxylation is 2. The highest BCUT2D eigenvalue weighted by Gasteiger charge is 2.20. The lowest BCUT2D eigenvalue weighted by Gasteiger charge is -2.14. The number of carbonyl (C=O) groups is 1. The van der Waals surface area contributed by atoms with E-state index in [9.17, 15) is 9.32 Å². The Bertz CT molecular complexity index is 961. The predicted octanol–water partition coefficient (Wildman–Crippen LogP) is 3.39. The molecule has 3 aromatic rings. The number of aromatic nitrogens is 3. The summed E-state index contributed by atoms with van der Waals surface area (Å²) < 4.78 is 24.7. The summed E-state index contributed by atoms with van der Waals surface area (Å²) in [5.41, 5.74) is 3.04. The number of pyridine rings is 2. The second-order valence-corrected chi connectivity index (χ2v) is 5.56. The Hall–Kier alpha value is -3.36. The SMILES string of the molecule is COc1cc(C)nc(OC)c1-c1cc2cc(NC(=O)OF)ncc2n1C. The van der Waals surface area contributed by atoms with E-state index in [4.69, 9.17) is 9.47 Å². The highest BCUT2D eigenvalue weighted by molar-refractivity contribution is 5.92. The number of hydrogen-bond acceptors (Lipinski definition) is 6. The van der Waals surface area contributed by atoms with Gasteiger partial charge in [0.2, 0.25) is 5.88 Å². The Labute approximate surface area is 148 Å². The Morgan fingerprint density at radius 3 is 2.65 bits per heavy atom. The molecule has 0 spiro atoms. The van der Waals surface area contributed by atoms with Crippen LogP contribution in [0.3, 0.4) is 0 Å². The van der Waals surface area contributed by atoms with Crippen LogP contribution in [0.4, 0.5) is 15.1 Å². The van der Waals surface area contributed by atoms with Crippen molar-refractivity contribution in [3.05, 3.63) is 30.1 Å². The van der Waals surface area contributed by atoms with Crippen molar-refractivity contribution in [2.24, 2.45) is 7.05 Å². The predicted molar refractivity (Wildman–Crippen MR) is 93.0 cm³/mol. The lowest BCUT2D eigenvalue weighted by Crippen LogP contribution is -2.10. The Kier molecular flexibility index (Phi) is 4.61. The molecule has 136 valence electrons. The Balaban J connectivity index is 2.17. The van der Waals surface area contributed by atoms with Gasteiger partial charge in [-0.05, 0) is 19.1 Å². The first-order valence-electron chi connectivity index (χ1n) is 7.63. The highest BCUT2D eigenvalue weighted by Crippen LogP contribution is 2.39. The van der Waals surface area contributed by atoms with Gasteiger partial charge in [0, 0.05) is 28.7 Å². The standard InChI is InChI=1S/C17H17FN4O4/c1-9-5-13(24-3)15(16(20-9)25-4)11-6-10-7-14(21-17(23)26-18)19-8-12(10)22(11)2/h5-8H,1-4H3,(H,19,21,23). The van der Waals surface area contributed by atoms with Crippen molar-refractivity contribution in [3.8, 4) is 22.9 Å². The zero-order valence-electron chi connectivity index (χ0n) is 14.7. The largest absolute Gasteiger partial charge is 0.496 e. The van der Waals surface area contributed by atoms with E-state index in [1.165, 1.54) is 0 Å². The van der Waals surface area contributed by atoms with Gasteiger partial charge in [0.1, 0.15) is 17.1 Å². The molecule has 0 unspecified atom stereocenters. The number of nitrogens with one attached hydrogen (secondary N) is 1. The molecule has 26 heavy (non-hydrogen) atoms. The van der Waals surface area contributed by atoms with Crippen LogP contribution >= 0.6 is 0 Å². The number of amides is 1. The van der Waals surface area contributed by atoms with Crippen molar-refractivity contribution >= 4 is 22.8 Å². The van der Waals surface area contributed by atoms with Crippen LogP contribution in [0.5, 0.6) is 11.6 Å². The third kappa shape index (κ3) is 2.99. The monoisotopic (exact) mass is 360 g/mol. The Morgan fingerprint density at radius 2 is 2.00 bits per heavy atom. The van der Waals surface area contributed by atoms with Gasteiger partial charge in [-0.1, -0.05) is 0 Å². The van der Waals surface area contributed by atoms with Gasteiger partial charge in [0.15, 0.2) is 0 Å². The quantitative estimate of drug-likeness (QED) is 0.767. The molecule has 0 aliphatic rings. The number of nitrogens with zero attached hydrogens (tertiary/aromatic N) is 3. The van der Waals surface area contributed by atoms with E-state index in [1.807, 2.05) is 30.7 Å². The minimum atomic E-state index is -1.24. The lowest BCUT2D eigenvalue weighted by molar-refractivity contribution is -0.0544. The number of rotatable bonds is 4. The molecule has 0 saturated heterocycles. The smallest absolute Gasteiger partial charge is 0.450 e. The third-order valence-electron chi connectivity index (χ3n) is 3.98. The number of ether oxygens (including phenoxy) is 2. The molecule has 8 nitrogen and oxygen atoms in total. The molecule has 0 radical (unpaired) electrons. The van der Waals surface area contributed by atoms with Gasteiger partial charge < -0.3 is 14.0 Å². The van der Waals surface area contributed by atoms with Crippen molar-refractivity contribution in [1.29, 1.82) is 0 Å². The maximum atomic E-state index is 11.9. The number of halogens is 1. The molecule has 1 amide bonds. The molecular formula is C17H17FN4O4. The van der Waals surface area contributed by atoms with E-state index in [1.54, 1.807) is 26.5 Å². The first-order chi connectivity index (χ1) is 12.5. The number of carbonyl (C=O) groups excluding carboxylic acids is 1. The van der Waals surface area contributed by atoms with Gasteiger partial charge in [-0.25, -0.2) is 19.7 Å². The van der Waals surface area contributed by atoms with Crippen LogP contribution in [0.25, 0.3) is 22.2 Å². The average molecular weight is 360 g/mol. The molecule has 0 aliphatic heterocycles. The third-order valence-corrected chi connectivity index (χ3v) is 3.98. The summed E-state index contributed by atoms with van der Waals surface area (Å²) in [6.07, 6.45) is 0.326. The number of fused-ring (bicyclic) bond motifs is 1. The van der Waals surface area contributed by atoms with Crippen LogP contribution in [0.15, 0.2) is 24.4 Å². The van der Waals surface area contributed by atoms with E-state index in [0.717, 1.165) is 22.3 Å². The van der Waals surface area contributed by atoms with Gasteiger partial charge in [-0.2, -0.15) is 0 Å². The maximum Gasteiger partial charge on any atom is 0.450 e. The number of anilines is 1. The molecule has 3 aromatic heterocycles. The molecule has 3 heterocycles. The average Bonchev–Trinajstić information content (AvgIpc) is 2.96. The van der Waals surface area contributed by atoms with Crippen molar-refractivity contribution in [2.45, 2.75) is 6.92 Å². The van der Waals surface area contributed by atoms with Crippen LogP contribution in [0.2, 0.25) is 0 Å². The molecule has 0 aliphatic carbocycles. The summed E-state index contributed by atoms with van der Waals surface area (Å²) in [5.74, 6) is 1.21. The normalized spacial score (nSPS) is 10.7. The van der Waals surface area contributed by atoms with Gasteiger partial charge >= 0.3 is 6.09 Å². The molecule has 3 rings (SSSR count). The van der Waals surface area contributed by atoms with Crippen molar-refractivity contribution in [3.63, 3.8) is 0 Å². The summed E-state index contributed by atoms with van der Waals surface area (Å²) >= 11 is 0. The summed E-state index contributed by atoms with van der Waals surface area (Å²) in [5, 5.41) is 2.96. The minimum Gasteiger partial charge on any atom is -0.496 e. The topological polar surface area (TPSA) is 87.5 Å². The fourth-order valence-corrected chi connectivity index (χ4v) is 2.83. The molecule has 0 saturated carbocycles. The molecule has 0 bridgehead atoms. The van der Waals surface area contributed by atoms with Crippen molar-refractivity contribution in [1.82, 2.24) is 14.5 Å². The molecular weight excluding hydrogens is 343 g/mol. The van der Waals surface area contributed by atoms with E-state index < -0.39 is 6.09 Å². The summed E-state index contributed by atoms with van der Waals surface area (Å²) in [6, 6.07) is 5.30. The zero-order chi connectivity index (χ0) is 18.8. The van der Waals surface area contributed by atoms with Crippen molar-refractivity contribution < 1.29 is 23.7 Å². The number of methoxy groups -OCH3 is 2. The first kappa shape index (κ1) is 17.5. The van der Waals surface area contributed by atoms with E-state index in [0.29, 0.717) is 17.2 Å². The lowest BCUT2D eigenvalue weighted by atomic mass is 10.1. The maximum absolute atomic E-state index is 11.9. The van der Waals surface area contributed by atoms with Gasteiger partial charge in [0.05, 0.1) is 31.6 Å². The summed E-state index contributed by atoms with van der Waals surface area (Å²) in [4.78, 5) is 22.6. The number of hydrogen-bond donors (Lipinski definition) is 1. The van der Waals surface area contributed by atoms with Crippen LogP contribution < -0.4 is 14.8 Å². The Morgan fingerprint density at radius 1 is 1.23 bits per heavy atom.